The van der Waals surface area contributed by atoms with Crippen LogP contribution >= 0.6 is 23.8 Å². The first-order valence-corrected chi connectivity index (χ1v) is 11.3. The zero-order valence-corrected chi connectivity index (χ0v) is 19.7. The van der Waals surface area contributed by atoms with Gasteiger partial charge in [-0.1, -0.05) is 54.1 Å². The van der Waals surface area contributed by atoms with Crippen LogP contribution in [-0.4, -0.2) is 36.9 Å². The van der Waals surface area contributed by atoms with E-state index in [1.807, 2.05) is 67.7 Å². The number of nitrogens with zero attached hydrogens (tertiary/aromatic N) is 3. The minimum absolute atomic E-state index is 0.247. The number of anilines is 1. The number of ether oxygens (including phenoxy) is 1. The summed E-state index contributed by atoms with van der Waals surface area (Å²) in [6, 6.07) is 23.3. The van der Waals surface area contributed by atoms with Gasteiger partial charge >= 0.3 is 0 Å². The molecule has 0 aliphatic carbocycles. The van der Waals surface area contributed by atoms with Crippen molar-refractivity contribution in [3.8, 4) is 5.75 Å². The van der Waals surface area contributed by atoms with Crippen LogP contribution in [0.5, 0.6) is 5.75 Å². The van der Waals surface area contributed by atoms with E-state index in [2.05, 4.69) is 32.9 Å². The zero-order valence-electron chi connectivity index (χ0n) is 18.1. The van der Waals surface area contributed by atoms with Crippen molar-refractivity contribution in [2.75, 3.05) is 19.1 Å². The monoisotopic (exact) mass is 475 g/mol. The highest BCUT2D eigenvalue weighted by atomic mass is 35.5. The molecule has 2 heterocycles. The van der Waals surface area contributed by atoms with Crippen LogP contribution in [0.1, 0.15) is 22.7 Å². The van der Waals surface area contributed by atoms with Gasteiger partial charge in [0.05, 0.1) is 24.6 Å². The lowest BCUT2D eigenvalue weighted by atomic mass is 9.97. The number of hydrazone groups is 1. The molecule has 0 saturated heterocycles. The van der Waals surface area contributed by atoms with Crippen LogP contribution < -0.4 is 20.4 Å². The van der Waals surface area contributed by atoms with Gasteiger partial charge in [0.2, 0.25) is 0 Å². The van der Waals surface area contributed by atoms with E-state index in [1.165, 1.54) is 0 Å². The maximum atomic E-state index is 6.42. The third-order valence-corrected chi connectivity index (χ3v) is 6.29. The highest BCUT2D eigenvalue weighted by Crippen LogP contribution is 2.34. The summed E-state index contributed by atoms with van der Waals surface area (Å²) < 4.78 is 5.34. The van der Waals surface area contributed by atoms with Crippen molar-refractivity contribution in [2.45, 2.75) is 12.1 Å². The zero-order chi connectivity index (χ0) is 22.9. The Bertz CT molecular complexity index is 1260. The maximum Gasteiger partial charge on any atom is 0.187 e. The van der Waals surface area contributed by atoms with E-state index in [4.69, 9.17) is 33.5 Å². The molecule has 6 nitrogen and oxygen atoms in total. The van der Waals surface area contributed by atoms with Gasteiger partial charge < -0.3 is 15.0 Å². The number of thiocarbonyl (C=S) groups is 1. The fraction of sp³-hybridized carbons (Fsp3) is 0.160. The van der Waals surface area contributed by atoms with Crippen LogP contribution in [0.3, 0.4) is 0 Å². The highest BCUT2D eigenvalue weighted by molar-refractivity contribution is 7.80. The van der Waals surface area contributed by atoms with Gasteiger partial charge in [-0.3, -0.25) is 10.4 Å². The number of methoxy groups -OCH3 is 1. The molecule has 2 N–H and O–H groups in total. The van der Waals surface area contributed by atoms with Crippen LogP contribution in [-0.2, 0) is 0 Å². The van der Waals surface area contributed by atoms with Gasteiger partial charge in [0.25, 0.3) is 0 Å². The average molecular weight is 476 g/mol. The van der Waals surface area contributed by atoms with Crippen molar-refractivity contribution in [1.29, 1.82) is 0 Å². The van der Waals surface area contributed by atoms with E-state index < -0.39 is 0 Å². The Morgan fingerprint density at radius 1 is 1.03 bits per heavy atom. The third kappa shape index (κ3) is 4.05. The molecule has 2 unspecified atom stereocenters. The fourth-order valence-corrected chi connectivity index (χ4v) is 4.55. The summed E-state index contributed by atoms with van der Waals surface area (Å²) in [5, 5.41) is 9.14. The molecule has 0 bridgehead atoms. The molecule has 8 heteroatoms. The first-order chi connectivity index (χ1) is 16.0. The number of halogens is 1. The third-order valence-electron chi connectivity index (χ3n) is 5.85. The summed E-state index contributed by atoms with van der Waals surface area (Å²) in [6.07, 6.45) is 0. The second-order valence-electron chi connectivity index (χ2n) is 7.82. The number of aliphatic imine (C=N–C) groups is 1. The second kappa shape index (κ2) is 8.84. The lowest BCUT2D eigenvalue weighted by Gasteiger charge is -2.28. The Balaban J connectivity index is 1.73. The molecule has 33 heavy (non-hydrogen) atoms. The molecule has 2 atom stereocenters. The first kappa shape index (κ1) is 21.4. The van der Waals surface area contributed by atoms with Gasteiger partial charge in [0, 0.05) is 23.2 Å². The smallest absolute Gasteiger partial charge is 0.187 e. The summed E-state index contributed by atoms with van der Waals surface area (Å²) in [6.45, 7) is 0. The van der Waals surface area contributed by atoms with Gasteiger partial charge in [0.1, 0.15) is 11.8 Å². The molecule has 0 amide bonds. The molecule has 166 valence electrons. The molecule has 0 saturated carbocycles. The lowest BCUT2D eigenvalue weighted by molar-refractivity contribution is 0.414. The molecular formula is C25H22ClN5OS. The topological polar surface area (TPSA) is 61.2 Å². The number of hydrogen-bond acceptors (Lipinski definition) is 5. The molecule has 0 aromatic heterocycles. The largest absolute Gasteiger partial charge is 0.497 e. The number of hydrogen-bond donors (Lipinski definition) is 2. The molecule has 3 aromatic rings. The van der Waals surface area contributed by atoms with E-state index in [1.54, 1.807) is 7.11 Å². The van der Waals surface area contributed by atoms with E-state index in [0.717, 1.165) is 39.7 Å². The summed E-state index contributed by atoms with van der Waals surface area (Å²) in [7, 11) is 3.64. The van der Waals surface area contributed by atoms with Crippen LogP contribution in [0, 0.1) is 0 Å². The van der Waals surface area contributed by atoms with Gasteiger partial charge in [-0.15, -0.1) is 0 Å². The summed E-state index contributed by atoms with van der Waals surface area (Å²) >= 11 is 11.9. The SMILES string of the molecule is COc1ccc(C2NC(=S)NN=C3C2N=C(c2ccccc2)c2cc(Cl)ccc2N3C)cc1. The van der Waals surface area contributed by atoms with Crippen molar-refractivity contribution in [2.24, 2.45) is 10.1 Å². The quantitative estimate of drug-likeness (QED) is 0.545. The van der Waals surface area contributed by atoms with Crippen molar-refractivity contribution >= 4 is 46.2 Å². The van der Waals surface area contributed by atoms with Crippen molar-refractivity contribution in [3.05, 3.63) is 94.5 Å². The van der Waals surface area contributed by atoms with Gasteiger partial charge in [-0.2, -0.15) is 5.10 Å². The van der Waals surface area contributed by atoms with Crippen LogP contribution in [0.2, 0.25) is 5.02 Å². The molecular weight excluding hydrogens is 454 g/mol. The lowest BCUT2D eigenvalue weighted by Crippen LogP contribution is -2.42. The van der Waals surface area contributed by atoms with Crippen molar-refractivity contribution in [1.82, 2.24) is 10.7 Å². The highest BCUT2D eigenvalue weighted by Gasteiger charge is 2.37. The minimum Gasteiger partial charge on any atom is -0.497 e. The fourth-order valence-electron chi connectivity index (χ4n) is 4.21. The van der Waals surface area contributed by atoms with Crippen LogP contribution in [0.15, 0.2) is 82.9 Å². The minimum atomic E-state index is -0.363. The normalized spacial score (nSPS) is 19.6. The van der Waals surface area contributed by atoms with Crippen molar-refractivity contribution < 1.29 is 4.74 Å². The first-order valence-electron chi connectivity index (χ1n) is 10.5. The number of fused-ring (bicyclic) bond motifs is 2. The molecule has 0 fully saturated rings. The number of likely N-dealkylation sites (N-methyl/N-ethyl adjacent to an activating group) is 1. The maximum absolute atomic E-state index is 6.42. The predicted octanol–water partition coefficient (Wildman–Crippen LogP) is 4.54. The second-order valence-corrected chi connectivity index (χ2v) is 8.66. The Morgan fingerprint density at radius 3 is 2.52 bits per heavy atom. The predicted molar refractivity (Wildman–Crippen MR) is 138 cm³/mol. The average Bonchev–Trinajstić information content (AvgIpc) is 3.07. The summed E-state index contributed by atoms with van der Waals surface area (Å²) in [5.41, 5.74) is 7.75. The molecule has 3 aromatic carbocycles. The van der Waals surface area contributed by atoms with E-state index in [-0.39, 0.29) is 12.1 Å². The Labute approximate surface area is 202 Å². The molecule has 0 spiro atoms. The molecule has 5 rings (SSSR count). The Hall–Kier alpha value is -3.42. The molecule has 2 aliphatic rings. The number of amidine groups is 1. The standard InChI is InChI=1S/C25H22ClN5OS/c1-31-20-13-10-17(26)14-19(20)21(15-6-4-3-5-7-15)27-23-22(28-25(33)30-29-24(23)31)16-8-11-18(32-2)12-9-16/h3-14,22-23H,1-2H3,(H2,28,30,33). The molecule has 2 aliphatic heterocycles. The number of benzene rings is 3. The van der Waals surface area contributed by atoms with E-state index in [0.29, 0.717) is 10.1 Å². The van der Waals surface area contributed by atoms with E-state index >= 15 is 0 Å². The van der Waals surface area contributed by atoms with Crippen LogP contribution in [0.4, 0.5) is 5.69 Å². The molecule has 0 radical (unpaired) electrons. The summed E-state index contributed by atoms with van der Waals surface area (Å²) in [4.78, 5) is 7.34. The van der Waals surface area contributed by atoms with Gasteiger partial charge in [-0.05, 0) is 48.1 Å². The van der Waals surface area contributed by atoms with Gasteiger partial charge in [-0.25, -0.2) is 0 Å². The number of nitrogens with one attached hydrogen (secondary N) is 2. The number of rotatable bonds is 3. The van der Waals surface area contributed by atoms with Crippen molar-refractivity contribution in [3.63, 3.8) is 0 Å². The van der Waals surface area contributed by atoms with E-state index in [9.17, 15) is 0 Å². The Kier molecular flexibility index (Phi) is 5.74. The Morgan fingerprint density at radius 2 is 1.79 bits per heavy atom. The summed E-state index contributed by atoms with van der Waals surface area (Å²) in [5.74, 6) is 1.54. The van der Waals surface area contributed by atoms with Gasteiger partial charge in [0.15, 0.2) is 10.9 Å². The van der Waals surface area contributed by atoms with Crippen LogP contribution in [0.25, 0.3) is 0 Å².